The van der Waals surface area contributed by atoms with E-state index in [4.69, 9.17) is 4.74 Å². The van der Waals surface area contributed by atoms with Gasteiger partial charge in [0, 0.05) is 41.9 Å². The summed E-state index contributed by atoms with van der Waals surface area (Å²) in [6.45, 7) is 2.94. The summed E-state index contributed by atoms with van der Waals surface area (Å²) in [5, 5.41) is 5.02. The van der Waals surface area contributed by atoms with E-state index in [0.717, 1.165) is 31.2 Å². The highest BCUT2D eigenvalue weighted by Crippen LogP contribution is 2.62. The molecule has 1 amide bonds. The third-order valence-electron chi connectivity index (χ3n) is 9.94. The van der Waals surface area contributed by atoms with Crippen LogP contribution in [0.3, 0.4) is 0 Å². The van der Waals surface area contributed by atoms with Crippen LogP contribution in [0.1, 0.15) is 72.2 Å². The number of fused-ring (bicyclic) bond motifs is 3. The highest BCUT2D eigenvalue weighted by Gasteiger charge is 2.66. The molecule has 3 aliphatic rings. The normalized spacial score (nSPS) is 22.6. The molecule has 0 N–H and O–H groups in total. The lowest BCUT2D eigenvalue weighted by Crippen LogP contribution is -2.45. The van der Waals surface area contributed by atoms with E-state index in [1.54, 1.807) is 36.4 Å². The van der Waals surface area contributed by atoms with Crippen LogP contribution in [0.25, 0.3) is 22.0 Å². The van der Waals surface area contributed by atoms with E-state index in [-0.39, 0.29) is 47.6 Å². The number of ketones is 2. The molecule has 7 rings (SSSR count). The van der Waals surface area contributed by atoms with Crippen LogP contribution < -0.4 is 0 Å². The van der Waals surface area contributed by atoms with Crippen LogP contribution in [0.5, 0.6) is 0 Å². The maximum absolute atomic E-state index is 14.7. The average molecular weight is 716 g/mol. The summed E-state index contributed by atoms with van der Waals surface area (Å²) < 4.78 is 22.6. The summed E-state index contributed by atoms with van der Waals surface area (Å²) in [6, 6.07) is 6.53. The van der Waals surface area contributed by atoms with Crippen molar-refractivity contribution in [1.29, 1.82) is 0 Å². The molecule has 10 nitrogen and oxygen atoms in total. The monoisotopic (exact) mass is 714 g/mol. The number of hydrogen-bond acceptors (Lipinski definition) is 8. The van der Waals surface area contributed by atoms with E-state index in [1.807, 2.05) is 18.2 Å². The van der Waals surface area contributed by atoms with Crippen LogP contribution in [0.2, 0.25) is 0 Å². The molecule has 12 heteroatoms. The number of amides is 1. The quantitative estimate of drug-likeness (QED) is 0.139. The van der Waals surface area contributed by atoms with Crippen molar-refractivity contribution in [3.05, 3.63) is 81.8 Å². The molecule has 1 saturated heterocycles. The van der Waals surface area contributed by atoms with Gasteiger partial charge in [0.15, 0.2) is 11.6 Å². The zero-order valence-corrected chi connectivity index (χ0v) is 28.5. The Balaban J connectivity index is 1.23. The number of ether oxygens (including phenoxy) is 1. The van der Waals surface area contributed by atoms with Crippen molar-refractivity contribution in [3.8, 4) is 11.1 Å². The van der Waals surface area contributed by atoms with Crippen molar-refractivity contribution in [2.24, 2.45) is 5.41 Å². The van der Waals surface area contributed by atoms with Crippen LogP contribution in [0.4, 0.5) is 4.39 Å². The van der Waals surface area contributed by atoms with Gasteiger partial charge < -0.3 is 9.64 Å². The van der Waals surface area contributed by atoms with Gasteiger partial charge in [0.2, 0.25) is 5.91 Å². The van der Waals surface area contributed by atoms with Gasteiger partial charge in [-0.25, -0.2) is 19.3 Å². The molecule has 2 bridgehead atoms. The lowest BCUT2D eigenvalue weighted by atomic mass is 9.90. The number of rotatable bonds is 5. The van der Waals surface area contributed by atoms with Crippen molar-refractivity contribution in [2.45, 2.75) is 84.3 Å². The molecule has 1 aromatic carbocycles. The first-order valence-electron chi connectivity index (χ1n) is 16.3. The maximum atomic E-state index is 14.7. The second kappa shape index (κ2) is 13.0. The van der Waals surface area contributed by atoms with Gasteiger partial charge in [0.05, 0.1) is 36.9 Å². The number of piperidine rings is 1. The molecule has 3 atom stereocenters. The Hall–Kier alpha value is -4.16. The van der Waals surface area contributed by atoms with Gasteiger partial charge in [-0.3, -0.25) is 19.1 Å². The minimum absolute atomic E-state index is 0.0583. The number of pyridine rings is 1. The second-order valence-corrected chi connectivity index (χ2v) is 13.9. The SMILES string of the molecule is CC(=O)c1nn(CC(=O)N2[C@H]3C[C@@]4(CCCC=CCOCc5ccc(Br)nc5CC3=O)C[C@@H]24)c2c(CF)cc(-c3cnc(C)nc3)cc12. The highest BCUT2D eigenvalue weighted by molar-refractivity contribution is 9.10. The zero-order chi connectivity index (χ0) is 33.6. The fraction of sp³-hybridized carbons (Fsp3) is 0.417. The number of alkyl halides is 1. The first kappa shape index (κ1) is 32.4. The third kappa shape index (κ3) is 6.11. The molecular weight excluding hydrogens is 679 g/mol. The average Bonchev–Trinajstić information content (AvgIpc) is 3.47. The number of nitrogens with zero attached hydrogens (tertiary/aromatic N) is 6. The number of allylic oxidation sites excluding steroid dienone is 1. The van der Waals surface area contributed by atoms with Gasteiger partial charge in [-0.05, 0) is 89.7 Å². The number of Topliss-reactive ketones (excluding diaryl/α,β-unsaturated/α-hetero) is 2. The van der Waals surface area contributed by atoms with Crippen molar-refractivity contribution >= 4 is 44.3 Å². The largest absolute Gasteiger partial charge is 0.373 e. The van der Waals surface area contributed by atoms with Crippen molar-refractivity contribution < 1.29 is 23.5 Å². The zero-order valence-electron chi connectivity index (χ0n) is 26.9. The van der Waals surface area contributed by atoms with E-state index in [2.05, 4.69) is 42.1 Å². The summed E-state index contributed by atoms with van der Waals surface area (Å²) in [5.41, 5.74) is 3.52. The highest BCUT2D eigenvalue weighted by atomic mass is 79.9. The summed E-state index contributed by atoms with van der Waals surface area (Å²) in [7, 11) is 0. The molecule has 0 unspecified atom stereocenters. The Kier molecular flexibility index (Phi) is 8.80. The third-order valence-corrected chi connectivity index (χ3v) is 10.4. The minimum atomic E-state index is -0.828. The molecule has 1 spiro atoms. The van der Waals surface area contributed by atoms with Crippen LogP contribution >= 0.6 is 15.9 Å². The predicted octanol–water partition coefficient (Wildman–Crippen LogP) is 6.06. The smallest absolute Gasteiger partial charge is 0.245 e. The molecule has 1 saturated carbocycles. The molecule has 3 aromatic heterocycles. The number of carbonyl (C=O) groups excluding carboxylic acids is 3. The molecular formula is C36H36BrFN6O4. The molecule has 2 fully saturated rings. The number of aromatic nitrogens is 5. The summed E-state index contributed by atoms with van der Waals surface area (Å²) in [6.07, 6.45) is 11.7. The standard InChI is InChI=1S/C36H36BrFN6O4/c1-21(45)34-27-12-24(26-17-39-22(2)40-18-26)11-25(16-38)35(27)43(42-34)19-33(47)44-29-14-36(15-31(36)44)9-5-3-4-6-10-48-20-23-7-8-32(37)41-28(23)13-30(29)46/h4,6-8,11-12,17-18,29,31H,3,5,9-10,13-16,19-20H2,1-2H3/t29-,31+,36-/m0/s1. The van der Waals surface area contributed by atoms with Crippen LogP contribution in [0, 0.1) is 12.3 Å². The van der Waals surface area contributed by atoms with Crippen LogP contribution in [-0.2, 0) is 40.6 Å². The number of likely N-dealkylation sites (tertiary alicyclic amines) is 1. The topological polar surface area (TPSA) is 120 Å². The number of halogens is 2. The number of hydrogen-bond donors (Lipinski definition) is 0. The van der Waals surface area contributed by atoms with Crippen molar-refractivity contribution in [1.82, 2.24) is 29.6 Å². The van der Waals surface area contributed by atoms with Crippen LogP contribution in [0.15, 0.2) is 53.4 Å². The Bertz CT molecular complexity index is 1960. The Morgan fingerprint density at radius 2 is 1.94 bits per heavy atom. The molecule has 4 aromatic rings. The van der Waals surface area contributed by atoms with Crippen molar-refractivity contribution in [3.63, 3.8) is 0 Å². The molecule has 1 aliphatic carbocycles. The summed E-state index contributed by atoms with van der Waals surface area (Å²) >= 11 is 3.44. The van der Waals surface area contributed by atoms with Gasteiger partial charge in [0.1, 0.15) is 29.3 Å². The number of carbonyl (C=O) groups is 3. The van der Waals surface area contributed by atoms with Crippen molar-refractivity contribution in [2.75, 3.05) is 6.61 Å². The van der Waals surface area contributed by atoms with Gasteiger partial charge in [-0.2, -0.15) is 5.10 Å². The summed E-state index contributed by atoms with van der Waals surface area (Å²) in [5.74, 6) is -0.0379. The first-order chi connectivity index (χ1) is 23.2. The van der Waals surface area contributed by atoms with E-state index in [1.165, 1.54) is 11.6 Å². The first-order valence-corrected chi connectivity index (χ1v) is 17.1. The lowest BCUT2D eigenvalue weighted by molar-refractivity contribution is -0.139. The van der Waals surface area contributed by atoms with Gasteiger partial charge in [-0.1, -0.05) is 18.2 Å². The fourth-order valence-corrected chi connectivity index (χ4v) is 7.84. The number of benzene rings is 1. The second-order valence-electron chi connectivity index (χ2n) is 13.1. The van der Waals surface area contributed by atoms with E-state index < -0.39 is 12.7 Å². The Morgan fingerprint density at radius 3 is 2.71 bits per heavy atom. The van der Waals surface area contributed by atoms with E-state index in [9.17, 15) is 18.8 Å². The molecule has 5 heterocycles. The maximum Gasteiger partial charge on any atom is 0.245 e. The Labute approximate surface area is 285 Å². The Morgan fingerprint density at radius 1 is 1.12 bits per heavy atom. The molecule has 2 aliphatic heterocycles. The summed E-state index contributed by atoms with van der Waals surface area (Å²) in [4.78, 5) is 56.1. The molecule has 48 heavy (non-hydrogen) atoms. The lowest BCUT2D eigenvalue weighted by Gasteiger charge is -2.27. The van der Waals surface area contributed by atoms with Gasteiger partial charge >= 0.3 is 0 Å². The minimum Gasteiger partial charge on any atom is -0.373 e. The van der Waals surface area contributed by atoms with Gasteiger partial charge in [0.25, 0.3) is 0 Å². The van der Waals surface area contributed by atoms with Crippen LogP contribution in [-0.4, -0.2) is 65.8 Å². The fourth-order valence-electron chi connectivity index (χ4n) is 7.49. The predicted molar refractivity (Wildman–Crippen MR) is 180 cm³/mol. The number of aryl methyl sites for hydroxylation is 1. The molecule has 248 valence electrons. The molecule has 0 radical (unpaired) electrons. The van der Waals surface area contributed by atoms with Gasteiger partial charge in [-0.15, -0.1) is 0 Å². The van der Waals surface area contributed by atoms with E-state index >= 15 is 0 Å². The van der Waals surface area contributed by atoms with E-state index in [0.29, 0.717) is 63.3 Å².